The smallest absolute Gasteiger partial charge is 0.423 e. The van der Waals surface area contributed by atoms with Gasteiger partial charge in [0.1, 0.15) is 6.04 Å². The first-order valence-electron chi connectivity index (χ1n) is 8.71. The van der Waals surface area contributed by atoms with Crippen molar-refractivity contribution < 1.29 is 29.7 Å². The number of amides is 2. The molecule has 2 rings (SSSR count). The fraction of sp³-hybridized carbons (Fsp3) is 0.294. The summed E-state index contributed by atoms with van der Waals surface area (Å²) >= 11 is 0.931. The molecule has 1 aromatic heterocycles. The zero-order chi connectivity index (χ0) is 20.8. The van der Waals surface area contributed by atoms with Crippen molar-refractivity contribution >= 4 is 53.3 Å². The van der Waals surface area contributed by atoms with Crippen LogP contribution in [0.15, 0.2) is 36.4 Å². The molecule has 0 fully saturated rings. The molecule has 148 valence electrons. The minimum absolute atomic E-state index is 0.125. The zero-order valence-electron chi connectivity index (χ0n) is 15.5. The van der Waals surface area contributed by atoms with Crippen molar-refractivity contribution in [1.82, 2.24) is 5.32 Å². The largest absolute Gasteiger partial charge is 0.499 e. The standard InChI is InChI=1S/C17H22B2N2O6S/c1-10(2)8-13(21-17(23)14-6-7-15(28-14)19(26)27)16(22)20-12-5-3-4-11(9-12)18(24)25/h3-7,9-10,13,24-27H,8H2,1-2H3,(H,20,22)(H,21,23)/t13-/m0/s1. The van der Waals surface area contributed by atoms with Crippen molar-refractivity contribution in [1.29, 1.82) is 0 Å². The highest BCUT2D eigenvalue weighted by molar-refractivity contribution is 7.23. The molecule has 0 bridgehead atoms. The Bertz CT molecular complexity index is 827. The molecule has 11 heteroatoms. The van der Waals surface area contributed by atoms with E-state index < -0.39 is 32.1 Å². The summed E-state index contributed by atoms with van der Waals surface area (Å²) in [5, 5.41) is 42.2. The second-order valence-electron chi connectivity index (χ2n) is 6.72. The van der Waals surface area contributed by atoms with Crippen molar-refractivity contribution in [2.75, 3.05) is 5.32 Å². The van der Waals surface area contributed by atoms with E-state index in [1.54, 1.807) is 12.1 Å². The van der Waals surface area contributed by atoms with Crippen molar-refractivity contribution in [3.8, 4) is 0 Å². The Morgan fingerprint density at radius 3 is 2.36 bits per heavy atom. The van der Waals surface area contributed by atoms with Gasteiger partial charge in [-0.15, -0.1) is 11.3 Å². The molecule has 28 heavy (non-hydrogen) atoms. The quantitative estimate of drug-likeness (QED) is 0.309. The van der Waals surface area contributed by atoms with E-state index in [-0.39, 0.29) is 21.0 Å². The summed E-state index contributed by atoms with van der Waals surface area (Å²) in [6, 6.07) is 8.21. The van der Waals surface area contributed by atoms with Crippen LogP contribution in [-0.2, 0) is 4.79 Å². The number of carbonyl (C=O) groups is 2. The van der Waals surface area contributed by atoms with Gasteiger partial charge in [-0.1, -0.05) is 32.0 Å². The molecule has 0 radical (unpaired) electrons. The fourth-order valence-corrected chi connectivity index (χ4v) is 3.34. The van der Waals surface area contributed by atoms with E-state index in [9.17, 15) is 19.6 Å². The van der Waals surface area contributed by atoms with Crippen LogP contribution >= 0.6 is 11.3 Å². The number of hydrogen-bond donors (Lipinski definition) is 6. The Hall–Kier alpha value is -2.17. The Morgan fingerprint density at radius 1 is 1.07 bits per heavy atom. The average Bonchev–Trinajstić information content (AvgIpc) is 3.11. The Kier molecular flexibility index (Phi) is 7.78. The molecule has 0 aliphatic carbocycles. The van der Waals surface area contributed by atoms with E-state index in [4.69, 9.17) is 10.0 Å². The van der Waals surface area contributed by atoms with Crippen molar-refractivity contribution in [3.05, 3.63) is 41.3 Å². The molecule has 6 N–H and O–H groups in total. The lowest BCUT2D eigenvalue weighted by atomic mass is 9.80. The summed E-state index contributed by atoms with van der Waals surface area (Å²) < 4.78 is 0.231. The van der Waals surface area contributed by atoms with Crippen molar-refractivity contribution in [2.45, 2.75) is 26.3 Å². The van der Waals surface area contributed by atoms with Crippen molar-refractivity contribution in [2.24, 2.45) is 5.92 Å². The highest BCUT2D eigenvalue weighted by Crippen LogP contribution is 2.12. The third-order valence-corrected chi connectivity index (χ3v) is 5.01. The van der Waals surface area contributed by atoms with E-state index >= 15 is 0 Å². The SMILES string of the molecule is CC(C)C[C@H](NC(=O)c1ccc(B(O)O)s1)C(=O)Nc1cccc(B(O)O)c1. The maximum atomic E-state index is 12.7. The van der Waals surface area contributed by atoms with Gasteiger partial charge in [0, 0.05) is 10.5 Å². The number of carbonyl (C=O) groups excluding carboxylic acids is 2. The zero-order valence-corrected chi connectivity index (χ0v) is 16.3. The Balaban J connectivity index is 2.12. The van der Waals surface area contributed by atoms with Gasteiger partial charge in [-0.05, 0) is 36.0 Å². The molecule has 1 aromatic carbocycles. The van der Waals surface area contributed by atoms with Crippen LogP contribution in [0.3, 0.4) is 0 Å². The van der Waals surface area contributed by atoms with E-state index in [0.717, 1.165) is 11.3 Å². The lowest BCUT2D eigenvalue weighted by molar-refractivity contribution is -0.118. The van der Waals surface area contributed by atoms with Gasteiger partial charge in [0.25, 0.3) is 5.91 Å². The van der Waals surface area contributed by atoms with Gasteiger partial charge in [-0.25, -0.2) is 0 Å². The summed E-state index contributed by atoms with van der Waals surface area (Å²) in [6.45, 7) is 3.83. The number of nitrogens with one attached hydrogen (secondary N) is 2. The summed E-state index contributed by atoms with van der Waals surface area (Å²) in [4.78, 5) is 25.4. The molecular weight excluding hydrogens is 382 g/mol. The van der Waals surface area contributed by atoms with Crippen LogP contribution in [0.25, 0.3) is 0 Å². The van der Waals surface area contributed by atoms with Gasteiger partial charge in [0.2, 0.25) is 5.91 Å². The number of hydrogen-bond acceptors (Lipinski definition) is 7. The van der Waals surface area contributed by atoms with E-state index in [1.165, 1.54) is 24.3 Å². The molecule has 2 amide bonds. The Labute approximate surface area is 167 Å². The molecule has 0 spiro atoms. The van der Waals surface area contributed by atoms with Crippen LogP contribution in [0.1, 0.15) is 29.9 Å². The number of anilines is 1. The van der Waals surface area contributed by atoms with Gasteiger partial charge in [-0.2, -0.15) is 0 Å². The minimum atomic E-state index is -1.66. The Morgan fingerprint density at radius 2 is 1.79 bits per heavy atom. The molecule has 8 nitrogen and oxygen atoms in total. The molecule has 2 aromatic rings. The summed E-state index contributed by atoms with van der Waals surface area (Å²) in [7, 11) is -3.31. The van der Waals surface area contributed by atoms with E-state index in [2.05, 4.69) is 10.6 Å². The highest BCUT2D eigenvalue weighted by Gasteiger charge is 2.25. The molecule has 1 atom stereocenters. The maximum absolute atomic E-state index is 12.7. The third-order valence-electron chi connectivity index (χ3n) is 3.89. The second-order valence-corrected chi connectivity index (χ2v) is 7.84. The maximum Gasteiger partial charge on any atom is 0.499 e. The number of thiophene rings is 1. The molecule has 0 unspecified atom stereocenters. The third kappa shape index (κ3) is 6.18. The number of rotatable bonds is 8. The van der Waals surface area contributed by atoms with Gasteiger partial charge in [-0.3, -0.25) is 9.59 Å². The molecular formula is C17H22B2N2O6S. The van der Waals surface area contributed by atoms with E-state index in [0.29, 0.717) is 12.1 Å². The highest BCUT2D eigenvalue weighted by atomic mass is 32.1. The molecule has 0 aliphatic heterocycles. The van der Waals surface area contributed by atoms with Gasteiger partial charge < -0.3 is 30.7 Å². The van der Waals surface area contributed by atoms with E-state index in [1.807, 2.05) is 13.8 Å². The number of benzene rings is 1. The summed E-state index contributed by atoms with van der Waals surface area (Å²) in [6.07, 6.45) is 0.390. The monoisotopic (exact) mass is 404 g/mol. The summed E-state index contributed by atoms with van der Waals surface area (Å²) in [5.41, 5.74) is 0.608. The lowest BCUT2D eigenvalue weighted by Gasteiger charge is -2.20. The molecule has 0 saturated heterocycles. The predicted octanol–water partition coefficient (Wildman–Crippen LogP) is -1.11. The van der Waals surface area contributed by atoms with Crippen LogP contribution in [0, 0.1) is 5.92 Å². The first-order chi connectivity index (χ1) is 13.2. The molecule has 1 heterocycles. The van der Waals surface area contributed by atoms with Crippen LogP contribution in [0.5, 0.6) is 0 Å². The first-order valence-corrected chi connectivity index (χ1v) is 9.52. The van der Waals surface area contributed by atoms with Gasteiger partial charge in [0.15, 0.2) is 0 Å². The molecule has 0 aliphatic rings. The minimum Gasteiger partial charge on any atom is -0.423 e. The normalized spacial score (nSPS) is 11.8. The van der Waals surface area contributed by atoms with Crippen LogP contribution in [0.4, 0.5) is 5.69 Å². The fourth-order valence-electron chi connectivity index (χ4n) is 2.55. The van der Waals surface area contributed by atoms with Gasteiger partial charge >= 0.3 is 14.2 Å². The lowest BCUT2D eigenvalue weighted by Crippen LogP contribution is -2.44. The van der Waals surface area contributed by atoms with Gasteiger partial charge in [0.05, 0.1) is 4.88 Å². The predicted molar refractivity (Wildman–Crippen MR) is 110 cm³/mol. The van der Waals surface area contributed by atoms with Crippen LogP contribution < -0.4 is 20.9 Å². The molecule has 0 saturated carbocycles. The average molecular weight is 404 g/mol. The van der Waals surface area contributed by atoms with Crippen LogP contribution in [0.2, 0.25) is 0 Å². The first kappa shape index (κ1) is 22.1. The summed E-state index contributed by atoms with van der Waals surface area (Å²) in [5.74, 6) is -0.803. The van der Waals surface area contributed by atoms with Crippen LogP contribution in [-0.4, -0.2) is 52.2 Å². The topological polar surface area (TPSA) is 139 Å². The van der Waals surface area contributed by atoms with Crippen molar-refractivity contribution in [3.63, 3.8) is 0 Å². The second kappa shape index (κ2) is 9.85.